The van der Waals surface area contributed by atoms with Crippen molar-refractivity contribution in [1.29, 1.82) is 0 Å². The Balaban J connectivity index is 2.38. The van der Waals surface area contributed by atoms with Gasteiger partial charge in [-0.15, -0.1) is 0 Å². The topological polar surface area (TPSA) is 38.5 Å². The Morgan fingerprint density at radius 3 is 2.42 bits per heavy atom. The summed E-state index contributed by atoms with van der Waals surface area (Å²) in [6, 6.07) is 6.22. The van der Waals surface area contributed by atoms with Crippen LogP contribution >= 0.6 is 0 Å². The minimum atomic E-state index is -0.0151. The van der Waals surface area contributed by atoms with Crippen molar-refractivity contribution in [2.45, 2.75) is 33.2 Å². The molecule has 2 unspecified atom stereocenters. The zero-order chi connectivity index (χ0) is 14.0. The minimum absolute atomic E-state index is 0.0151. The molecule has 2 rings (SSSR count). The smallest absolute Gasteiger partial charge is 0.125 e. The van der Waals surface area contributed by atoms with Crippen LogP contribution in [0.5, 0.6) is 5.75 Å². The maximum absolute atomic E-state index is 6.16. The van der Waals surface area contributed by atoms with Crippen molar-refractivity contribution in [3.8, 4) is 5.75 Å². The summed E-state index contributed by atoms with van der Waals surface area (Å²) < 4.78 is 5.49. The van der Waals surface area contributed by atoms with Crippen LogP contribution in [0.15, 0.2) is 18.2 Å². The largest absolute Gasteiger partial charge is 0.496 e. The Kier molecular flexibility index (Phi) is 4.35. The lowest BCUT2D eigenvalue weighted by atomic mass is 9.90. The number of hydrogen-bond acceptors (Lipinski definition) is 3. The predicted molar refractivity (Wildman–Crippen MR) is 80.8 cm³/mol. The van der Waals surface area contributed by atoms with E-state index in [9.17, 15) is 0 Å². The van der Waals surface area contributed by atoms with Crippen LogP contribution in [-0.2, 0) is 0 Å². The van der Waals surface area contributed by atoms with Crippen LogP contribution in [0.1, 0.15) is 38.8 Å². The molecule has 3 nitrogen and oxygen atoms in total. The molecule has 1 aromatic carbocycles. The zero-order valence-electron chi connectivity index (χ0n) is 12.5. The summed E-state index contributed by atoms with van der Waals surface area (Å²) in [6.07, 6.45) is 1.31. The van der Waals surface area contributed by atoms with Crippen LogP contribution < -0.4 is 15.4 Å². The number of ether oxygens (including phenoxy) is 1. The van der Waals surface area contributed by atoms with Gasteiger partial charge < -0.3 is 15.4 Å². The Morgan fingerprint density at radius 2 is 1.89 bits per heavy atom. The molecule has 3 heteroatoms. The highest BCUT2D eigenvalue weighted by molar-refractivity contribution is 5.61. The van der Waals surface area contributed by atoms with Gasteiger partial charge in [-0.1, -0.05) is 19.9 Å². The standard InChI is InChI=1S/C16H26N2O/c1-11-8-12(2)10-18(9-11)14-6-5-7-15(19-4)16(14)13(3)17/h5-7,11-13H,8-10,17H2,1-4H3/t11?,12?,13-/m1/s1. The third-order valence-electron chi connectivity index (χ3n) is 3.93. The van der Waals surface area contributed by atoms with Gasteiger partial charge in [0, 0.05) is 30.4 Å². The quantitative estimate of drug-likeness (QED) is 0.909. The molecular weight excluding hydrogens is 236 g/mol. The number of benzene rings is 1. The van der Waals surface area contributed by atoms with Crippen LogP contribution in [0.4, 0.5) is 5.69 Å². The molecule has 0 saturated carbocycles. The van der Waals surface area contributed by atoms with Crippen molar-refractivity contribution in [1.82, 2.24) is 0 Å². The van der Waals surface area contributed by atoms with Gasteiger partial charge in [-0.3, -0.25) is 0 Å². The van der Waals surface area contributed by atoms with Gasteiger partial charge in [0.25, 0.3) is 0 Å². The minimum Gasteiger partial charge on any atom is -0.496 e. The Hall–Kier alpha value is -1.22. The SMILES string of the molecule is COc1cccc(N2CC(C)CC(C)C2)c1[C@@H](C)N. The average Bonchev–Trinajstić information content (AvgIpc) is 2.36. The van der Waals surface area contributed by atoms with Gasteiger partial charge in [0.1, 0.15) is 5.75 Å². The van der Waals surface area contributed by atoms with Gasteiger partial charge in [-0.2, -0.15) is 0 Å². The molecule has 106 valence electrons. The molecule has 1 aromatic rings. The van der Waals surface area contributed by atoms with Gasteiger partial charge in [0.15, 0.2) is 0 Å². The number of piperidine rings is 1. The molecule has 19 heavy (non-hydrogen) atoms. The van der Waals surface area contributed by atoms with Crippen molar-refractivity contribution >= 4 is 5.69 Å². The first-order valence-corrected chi connectivity index (χ1v) is 7.20. The fourth-order valence-corrected chi connectivity index (χ4v) is 3.30. The molecule has 0 amide bonds. The second-order valence-corrected chi connectivity index (χ2v) is 6.03. The molecule has 1 heterocycles. The van der Waals surface area contributed by atoms with E-state index in [0.29, 0.717) is 0 Å². The first kappa shape index (κ1) is 14.2. The van der Waals surface area contributed by atoms with Crippen molar-refractivity contribution in [2.75, 3.05) is 25.1 Å². The monoisotopic (exact) mass is 262 g/mol. The average molecular weight is 262 g/mol. The maximum atomic E-state index is 6.16. The van der Waals surface area contributed by atoms with E-state index in [1.165, 1.54) is 12.1 Å². The molecule has 2 N–H and O–H groups in total. The van der Waals surface area contributed by atoms with Crippen LogP contribution in [0.25, 0.3) is 0 Å². The zero-order valence-corrected chi connectivity index (χ0v) is 12.5. The molecular formula is C16H26N2O. The third-order valence-corrected chi connectivity index (χ3v) is 3.93. The Bertz CT molecular complexity index is 421. The highest BCUT2D eigenvalue weighted by Gasteiger charge is 2.25. The molecule has 0 bridgehead atoms. The number of rotatable bonds is 3. The lowest BCUT2D eigenvalue weighted by Gasteiger charge is -2.38. The molecule has 1 fully saturated rings. The summed E-state index contributed by atoms with van der Waals surface area (Å²) in [5, 5.41) is 0. The second kappa shape index (κ2) is 5.83. The Morgan fingerprint density at radius 1 is 1.26 bits per heavy atom. The molecule has 1 aliphatic rings. The molecule has 0 aliphatic carbocycles. The van der Waals surface area contributed by atoms with E-state index in [4.69, 9.17) is 10.5 Å². The fraction of sp³-hybridized carbons (Fsp3) is 0.625. The number of nitrogens with zero attached hydrogens (tertiary/aromatic N) is 1. The highest BCUT2D eigenvalue weighted by atomic mass is 16.5. The molecule has 0 aromatic heterocycles. The van der Waals surface area contributed by atoms with Gasteiger partial charge >= 0.3 is 0 Å². The van der Waals surface area contributed by atoms with E-state index in [1.54, 1.807) is 7.11 Å². The summed E-state index contributed by atoms with van der Waals surface area (Å²) in [5.74, 6) is 2.37. The lowest BCUT2D eigenvalue weighted by molar-refractivity contribution is 0.355. The van der Waals surface area contributed by atoms with Crippen molar-refractivity contribution in [2.24, 2.45) is 17.6 Å². The first-order chi connectivity index (χ1) is 9.02. The van der Waals surface area contributed by atoms with E-state index in [-0.39, 0.29) is 6.04 Å². The molecule has 0 spiro atoms. The number of hydrogen-bond donors (Lipinski definition) is 1. The van der Waals surface area contributed by atoms with E-state index in [2.05, 4.69) is 30.9 Å². The summed E-state index contributed by atoms with van der Waals surface area (Å²) in [4.78, 5) is 2.47. The highest BCUT2D eigenvalue weighted by Crippen LogP contribution is 2.36. The van der Waals surface area contributed by atoms with Gasteiger partial charge in [-0.25, -0.2) is 0 Å². The maximum Gasteiger partial charge on any atom is 0.125 e. The van der Waals surface area contributed by atoms with Crippen LogP contribution in [0.2, 0.25) is 0 Å². The second-order valence-electron chi connectivity index (χ2n) is 6.03. The predicted octanol–water partition coefficient (Wildman–Crippen LogP) is 3.20. The lowest BCUT2D eigenvalue weighted by Crippen LogP contribution is -2.39. The normalized spacial score (nSPS) is 25.2. The van der Waals surface area contributed by atoms with Gasteiger partial charge in [0.05, 0.1) is 7.11 Å². The first-order valence-electron chi connectivity index (χ1n) is 7.20. The van der Waals surface area contributed by atoms with Gasteiger partial charge in [0.2, 0.25) is 0 Å². The van der Waals surface area contributed by atoms with Crippen molar-refractivity contribution < 1.29 is 4.74 Å². The number of methoxy groups -OCH3 is 1. The third kappa shape index (κ3) is 3.03. The molecule has 1 saturated heterocycles. The molecule has 0 radical (unpaired) electrons. The molecule has 1 aliphatic heterocycles. The van der Waals surface area contributed by atoms with Gasteiger partial charge in [-0.05, 0) is 37.3 Å². The van der Waals surface area contributed by atoms with E-state index < -0.39 is 0 Å². The van der Waals surface area contributed by atoms with E-state index in [1.807, 2.05) is 13.0 Å². The van der Waals surface area contributed by atoms with E-state index >= 15 is 0 Å². The summed E-state index contributed by atoms with van der Waals surface area (Å²) in [6.45, 7) is 8.90. The summed E-state index contributed by atoms with van der Waals surface area (Å²) in [5.41, 5.74) is 8.53. The summed E-state index contributed by atoms with van der Waals surface area (Å²) in [7, 11) is 1.71. The van der Waals surface area contributed by atoms with Crippen LogP contribution in [-0.4, -0.2) is 20.2 Å². The molecule has 3 atom stereocenters. The van der Waals surface area contributed by atoms with Crippen molar-refractivity contribution in [3.05, 3.63) is 23.8 Å². The fourth-order valence-electron chi connectivity index (χ4n) is 3.30. The van der Waals surface area contributed by atoms with Crippen LogP contribution in [0.3, 0.4) is 0 Å². The van der Waals surface area contributed by atoms with Crippen LogP contribution in [0, 0.1) is 11.8 Å². The van der Waals surface area contributed by atoms with Crippen molar-refractivity contribution in [3.63, 3.8) is 0 Å². The Labute approximate surface area is 116 Å². The summed E-state index contributed by atoms with van der Waals surface area (Å²) >= 11 is 0. The van der Waals surface area contributed by atoms with E-state index in [0.717, 1.165) is 36.2 Å². The number of nitrogens with two attached hydrogens (primary N) is 1. The number of anilines is 1.